The standard InChI is InChI=1S/C12H14O3/c1-8-6-4-5-7-11(8)12(9(2)13)15-10(3)14/h4-7,12H,1-3H3. The van der Waals surface area contributed by atoms with E-state index in [1.807, 2.05) is 25.1 Å². The quantitative estimate of drug-likeness (QED) is 0.712. The Bertz CT molecular complexity index is 382. The van der Waals surface area contributed by atoms with Crippen LogP contribution in [0.1, 0.15) is 31.1 Å². The fourth-order valence-corrected chi connectivity index (χ4v) is 1.41. The smallest absolute Gasteiger partial charge is 0.303 e. The van der Waals surface area contributed by atoms with Gasteiger partial charge in [-0.05, 0) is 19.4 Å². The summed E-state index contributed by atoms with van der Waals surface area (Å²) in [5.74, 6) is -0.613. The van der Waals surface area contributed by atoms with Crippen molar-refractivity contribution in [2.45, 2.75) is 26.9 Å². The highest BCUT2D eigenvalue weighted by atomic mass is 16.5. The predicted molar refractivity (Wildman–Crippen MR) is 56.4 cm³/mol. The van der Waals surface area contributed by atoms with Crippen LogP contribution in [0, 0.1) is 6.92 Å². The van der Waals surface area contributed by atoms with E-state index in [4.69, 9.17) is 4.74 Å². The second-order valence-electron chi connectivity index (χ2n) is 3.46. The molecule has 0 fully saturated rings. The zero-order valence-corrected chi connectivity index (χ0v) is 9.11. The lowest BCUT2D eigenvalue weighted by Gasteiger charge is -2.16. The Morgan fingerprint density at radius 2 is 1.80 bits per heavy atom. The number of rotatable bonds is 3. The number of carbonyl (C=O) groups excluding carboxylic acids is 2. The zero-order chi connectivity index (χ0) is 11.4. The molecule has 0 aromatic heterocycles. The molecule has 0 bridgehead atoms. The minimum atomic E-state index is -0.774. The molecule has 0 spiro atoms. The van der Waals surface area contributed by atoms with Crippen LogP contribution in [0.3, 0.4) is 0 Å². The molecule has 0 aliphatic heterocycles. The molecule has 1 atom stereocenters. The minimum Gasteiger partial charge on any atom is -0.450 e. The van der Waals surface area contributed by atoms with Crippen LogP contribution in [0.4, 0.5) is 0 Å². The summed E-state index contributed by atoms with van der Waals surface area (Å²) >= 11 is 0. The van der Waals surface area contributed by atoms with Crippen molar-refractivity contribution in [1.82, 2.24) is 0 Å². The first kappa shape index (κ1) is 11.4. The van der Waals surface area contributed by atoms with Gasteiger partial charge < -0.3 is 4.74 Å². The van der Waals surface area contributed by atoms with Gasteiger partial charge in [0.25, 0.3) is 0 Å². The Morgan fingerprint density at radius 3 is 2.27 bits per heavy atom. The van der Waals surface area contributed by atoms with Crippen LogP contribution in [0.5, 0.6) is 0 Å². The predicted octanol–water partition coefficient (Wildman–Crippen LogP) is 2.19. The number of Topliss-reactive ketones (excluding diaryl/α,β-unsaturated/α-hetero) is 1. The van der Waals surface area contributed by atoms with E-state index >= 15 is 0 Å². The van der Waals surface area contributed by atoms with Gasteiger partial charge in [-0.2, -0.15) is 0 Å². The molecular weight excluding hydrogens is 192 g/mol. The molecule has 1 aromatic carbocycles. The van der Waals surface area contributed by atoms with Crippen LogP contribution in [-0.4, -0.2) is 11.8 Å². The number of ketones is 1. The maximum atomic E-state index is 11.4. The summed E-state index contributed by atoms with van der Waals surface area (Å²) in [7, 11) is 0. The van der Waals surface area contributed by atoms with Crippen LogP contribution in [0.25, 0.3) is 0 Å². The number of carbonyl (C=O) groups is 2. The van der Waals surface area contributed by atoms with Crippen molar-refractivity contribution in [2.24, 2.45) is 0 Å². The summed E-state index contributed by atoms with van der Waals surface area (Å²) in [6.07, 6.45) is -0.774. The summed E-state index contributed by atoms with van der Waals surface area (Å²) < 4.78 is 4.99. The maximum Gasteiger partial charge on any atom is 0.303 e. The first-order valence-corrected chi connectivity index (χ1v) is 4.75. The Hall–Kier alpha value is -1.64. The lowest BCUT2D eigenvalue weighted by atomic mass is 10.0. The molecule has 80 valence electrons. The normalized spacial score (nSPS) is 11.9. The van der Waals surface area contributed by atoms with E-state index in [2.05, 4.69) is 0 Å². The van der Waals surface area contributed by atoms with Crippen LogP contribution < -0.4 is 0 Å². The lowest BCUT2D eigenvalue weighted by Crippen LogP contribution is -2.16. The van der Waals surface area contributed by atoms with E-state index < -0.39 is 12.1 Å². The number of ether oxygens (including phenoxy) is 1. The number of hydrogen-bond acceptors (Lipinski definition) is 3. The van der Waals surface area contributed by atoms with Gasteiger partial charge in [0.2, 0.25) is 0 Å². The second-order valence-corrected chi connectivity index (χ2v) is 3.46. The van der Waals surface area contributed by atoms with E-state index in [1.54, 1.807) is 6.07 Å². The fourth-order valence-electron chi connectivity index (χ4n) is 1.41. The molecule has 15 heavy (non-hydrogen) atoms. The van der Waals surface area contributed by atoms with Crippen molar-refractivity contribution >= 4 is 11.8 Å². The SMILES string of the molecule is CC(=O)OC(C(C)=O)c1ccccc1C. The Labute approximate surface area is 89.1 Å². The Balaban J connectivity index is 3.04. The van der Waals surface area contributed by atoms with Crippen molar-refractivity contribution in [1.29, 1.82) is 0 Å². The van der Waals surface area contributed by atoms with Gasteiger partial charge in [-0.15, -0.1) is 0 Å². The molecule has 1 rings (SSSR count). The van der Waals surface area contributed by atoms with Crippen LogP contribution >= 0.6 is 0 Å². The molecule has 0 aliphatic carbocycles. The van der Waals surface area contributed by atoms with Crippen molar-refractivity contribution < 1.29 is 14.3 Å². The highest BCUT2D eigenvalue weighted by molar-refractivity contribution is 5.84. The monoisotopic (exact) mass is 206 g/mol. The number of benzene rings is 1. The van der Waals surface area contributed by atoms with E-state index in [1.165, 1.54) is 13.8 Å². The van der Waals surface area contributed by atoms with Gasteiger partial charge in [0, 0.05) is 12.5 Å². The first-order valence-electron chi connectivity index (χ1n) is 4.75. The molecule has 1 unspecified atom stereocenters. The van der Waals surface area contributed by atoms with Crippen molar-refractivity contribution in [3.05, 3.63) is 35.4 Å². The third-order valence-electron chi connectivity index (χ3n) is 2.12. The summed E-state index contributed by atoms with van der Waals surface area (Å²) in [5.41, 5.74) is 1.69. The third-order valence-corrected chi connectivity index (χ3v) is 2.12. The van der Waals surface area contributed by atoms with Gasteiger partial charge >= 0.3 is 5.97 Å². The van der Waals surface area contributed by atoms with Crippen LogP contribution in [0.2, 0.25) is 0 Å². The molecule has 0 saturated carbocycles. The van der Waals surface area contributed by atoms with Crippen LogP contribution in [-0.2, 0) is 14.3 Å². The molecule has 0 radical (unpaired) electrons. The van der Waals surface area contributed by atoms with Gasteiger partial charge in [-0.3, -0.25) is 9.59 Å². The molecule has 3 nitrogen and oxygen atoms in total. The van der Waals surface area contributed by atoms with Crippen molar-refractivity contribution in [3.8, 4) is 0 Å². The third kappa shape index (κ3) is 2.91. The molecule has 0 amide bonds. The molecule has 3 heteroatoms. The summed E-state index contributed by atoms with van der Waals surface area (Å²) in [6.45, 7) is 4.60. The van der Waals surface area contributed by atoms with Crippen LogP contribution in [0.15, 0.2) is 24.3 Å². The molecule has 0 aliphatic rings. The average molecular weight is 206 g/mol. The molecular formula is C12H14O3. The second kappa shape index (κ2) is 4.73. The van der Waals surface area contributed by atoms with Gasteiger partial charge in [0.05, 0.1) is 0 Å². The molecule has 0 N–H and O–H groups in total. The molecule has 0 saturated heterocycles. The molecule has 0 heterocycles. The average Bonchev–Trinajstić information content (AvgIpc) is 2.15. The van der Waals surface area contributed by atoms with E-state index in [0.717, 1.165) is 11.1 Å². The first-order chi connectivity index (χ1) is 7.02. The van der Waals surface area contributed by atoms with E-state index in [0.29, 0.717) is 0 Å². The van der Waals surface area contributed by atoms with Gasteiger partial charge in [0.15, 0.2) is 11.9 Å². The summed E-state index contributed by atoms with van der Waals surface area (Å²) in [6, 6.07) is 7.38. The van der Waals surface area contributed by atoms with Gasteiger partial charge in [-0.1, -0.05) is 24.3 Å². The zero-order valence-electron chi connectivity index (χ0n) is 9.11. The van der Waals surface area contributed by atoms with Gasteiger partial charge in [0.1, 0.15) is 0 Å². The van der Waals surface area contributed by atoms with E-state index in [-0.39, 0.29) is 5.78 Å². The number of aryl methyl sites for hydroxylation is 1. The Kier molecular flexibility index (Phi) is 3.61. The fraction of sp³-hybridized carbons (Fsp3) is 0.333. The van der Waals surface area contributed by atoms with Crippen molar-refractivity contribution in [2.75, 3.05) is 0 Å². The molecule has 1 aromatic rings. The van der Waals surface area contributed by atoms with Crippen molar-refractivity contribution in [3.63, 3.8) is 0 Å². The largest absolute Gasteiger partial charge is 0.450 e. The highest BCUT2D eigenvalue weighted by Crippen LogP contribution is 2.21. The topological polar surface area (TPSA) is 43.4 Å². The summed E-state index contributed by atoms with van der Waals surface area (Å²) in [5, 5.41) is 0. The minimum absolute atomic E-state index is 0.167. The highest BCUT2D eigenvalue weighted by Gasteiger charge is 2.20. The lowest BCUT2D eigenvalue weighted by molar-refractivity contribution is -0.152. The van der Waals surface area contributed by atoms with Gasteiger partial charge in [-0.25, -0.2) is 0 Å². The Morgan fingerprint density at radius 1 is 1.20 bits per heavy atom. The van der Waals surface area contributed by atoms with E-state index in [9.17, 15) is 9.59 Å². The number of hydrogen-bond donors (Lipinski definition) is 0. The number of esters is 1. The maximum absolute atomic E-state index is 11.4. The summed E-state index contributed by atoms with van der Waals surface area (Å²) in [4.78, 5) is 22.2.